The molecule has 2 heterocycles. The van der Waals surface area contributed by atoms with Gasteiger partial charge in [0.05, 0.1) is 18.9 Å². The van der Waals surface area contributed by atoms with E-state index in [0.29, 0.717) is 12.1 Å². The van der Waals surface area contributed by atoms with Gasteiger partial charge >= 0.3 is 0 Å². The Kier molecular flexibility index (Phi) is 6.21. The van der Waals surface area contributed by atoms with Gasteiger partial charge in [0.25, 0.3) is 5.91 Å². The number of benzene rings is 2. The molecule has 2 aliphatic rings. The van der Waals surface area contributed by atoms with Crippen LogP contribution in [0.1, 0.15) is 18.9 Å². The molecular formula is C23H26N4O3. The minimum absolute atomic E-state index is 0.0158. The van der Waals surface area contributed by atoms with Gasteiger partial charge in [-0.05, 0) is 36.8 Å². The van der Waals surface area contributed by atoms with Crippen LogP contribution in [0.4, 0.5) is 11.4 Å². The van der Waals surface area contributed by atoms with Gasteiger partial charge < -0.3 is 10.1 Å². The van der Waals surface area contributed by atoms with Gasteiger partial charge in [0, 0.05) is 31.7 Å². The SMILES string of the molecule is CC(=O)C1CC(C(=O)Nc2cccc(CN3CCOCC3)c2)=NN1c1ccccc1. The highest BCUT2D eigenvalue weighted by Gasteiger charge is 2.34. The Morgan fingerprint density at radius 2 is 1.87 bits per heavy atom. The second-order valence-electron chi connectivity index (χ2n) is 7.60. The van der Waals surface area contributed by atoms with E-state index in [1.54, 1.807) is 5.01 Å². The minimum atomic E-state index is -0.458. The van der Waals surface area contributed by atoms with E-state index in [4.69, 9.17) is 4.74 Å². The van der Waals surface area contributed by atoms with Crippen LogP contribution in [0, 0.1) is 0 Å². The summed E-state index contributed by atoms with van der Waals surface area (Å²) < 4.78 is 5.40. The summed E-state index contributed by atoms with van der Waals surface area (Å²) in [6.07, 6.45) is 0.295. The zero-order chi connectivity index (χ0) is 20.9. The van der Waals surface area contributed by atoms with Gasteiger partial charge in [-0.3, -0.25) is 19.5 Å². The average Bonchev–Trinajstić information content (AvgIpc) is 3.22. The fourth-order valence-electron chi connectivity index (χ4n) is 3.75. The highest BCUT2D eigenvalue weighted by molar-refractivity contribution is 6.44. The number of hydrogen-bond acceptors (Lipinski definition) is 6. The Morgan fingerprint density at radius 1 is 1.10 bits per heavy atom. The molecule has 2 aromatic carbocycles. The highest BCUT2D eigenvalue weighted by Crippen LogP contribution is 2.25. The molecule has 7 nitrogen and oxygen atoms in total. The minimum Gasteiger partial charge on any atom is -0.379 e. The molecule has 0 radical (unpaired) electrons. The molecule has 0 saturated carbocycles. The molecule has 0 aliphatic carbocycles. The van der Waals surface area contributed by atoms with Crippen molar-refractivity contribution in [2.75, 3.05) is 36.6 Å². The maximum Gasteiger partial charge on any atom is 0.271 e. The number of hydrogen-bond donors (Lipinski definition) is 1. The molecule has 30 heavy (non-hydrogen) atoms. The molecule has 1 unspecified atom stereocenters. The second-order valence-corrected chi connectivity index (χ2v) is 7.60. The lowest BCUT2D eigenvalue weighted by molar-refractivity contribution is -0.118. The number of morpholine rings is 1. The van der Waals surface area contributed by atoms with E-state index in [0.717, 1.165) is 49.8 Å². The Bertz CT molecular complexity index is 938. The Hall–Kier alpha value is -3.03. The summed E-state index contributed by atoms with van der Waals surface area (Å²) in [4.78, 5) is 27.3. The number of rotatable bonds is 6. The molecule has 4 rings (SSSR count). The molecule has 156 valence electrons. The summed E-state index contributed by atoms with van der Waals surface area (Å²) in [5.41, 5.74) is 3.02. The topological polar surface area (TPSA) is 74.2 Å². The standard InChI is InChI=1S/C23H26N4O3/c1-17(28)22-15-21(25-27(22)20-8-3-2-4-9-20)23(29)24-19-7-5-6-18(14-19)16-26-10-12-30-13-11-26/h2-9,14,22H,10-13,15-16H2,1H3,(H,24,29). The predicted octanol–water partition coefficient (Wildman–Crippen LogP) is 2.68. The zero-order valence-electron chi connectivity index (χ0n) is 17.1. The van der Waals surface area contributed by atoms with Crippen molar-refractivity contribution in [1.29, 1.82) is 0 Å². The third-order valence-electron chi connectivity index (χ3n) is 5.36. The summed E-state index contributed by atoms with van der Waals surface area (Å²) in [6, 6.07) is 16.8. The van der Waals surface area contributed by atoms with Gasteiger partial charge in [0.15, 0.2) is 5.78 Å². The maximum atomic E-state index is 12.9. The first-order chi connectivity index (χ1) is 14.6. The number of carbonyl (C=O) groups excluding carboxylic acids is 2. The first kappa shape index (κ1) is 20.3. The maximum absolute atomic E-state index is 12.9. The number of anilines is 2. The molecule has 1 fully saturated rings. The first-order valence-electron chi connectivity index (χ1n) is 10.2. The van der Waals surface area contributed by atoms with E-state index < -0.39 is 6.04 Å². The van der Waals surface area contributed by atoms with Crippen LogP contribution in [0.25, 0.3) is 0 Å². The van der Waals surface area contributed by atoms with E-state index in [-0.39, 0.29) is 11.7 Å². The molecule has 1 saturated heterocycles. The number of ether oxygens (including phenoxy) is 1. The summed E-state index contributed by atoms with van der Waals surface area (Å²) in [5.74, 6) is -0.291. The van der Waals surface area contributed by atoms with Crippen LogP contribution < -0.4 is 10.3 Å². The van der Waals surface area contributed by atoms with Gasteiger partial charge in [0.1, 0.15) is 11.8 Å². The van der Waals surface area contributed by atoms with Gasteiger partial charge in [-0.15, -0.1) is 0 Å². The lowest BCUT2D eigenvalue weighted by Crippen LogP contribution is -2.35. The van der Waals surface area contributed by atoms with Crippen LogP contribution >= 0.6 is 0 Å². The molecule has 1 amide bonds. The Labute approximate surface area is 176 Å². The molecule has 7 heteroatoms. The largest absolute Gasteiger partial charge is 0.379 e. The van der Waals surface area contributed by atoms with Crippen LogP contribution in [0.2, 0.25) is 0 Å². The number of hydrazone groups is 1. The number of ketones is 1. The zero-order valence-corrected chi connectivity index (χ0v) is 17.1. The van der Waals surface area contributed by atoms with Crippen molar-refractivity contribution in [3.05, 3.63) is 60.2 Å². The van der Waals surface area contributed by atoms with E-state index in [1.165, 1.54) is 6.92 Å². The summed E-state index contributed by atoms with van der Waals surface area (Å²) in [5, 5.41) is 9.06. The molecule has 2 aliphatic heterocycles. The molecule has 1 atom stereocenters. The summed E-state index contributed by atoms with van der Waals surface area (Å²) in [6.45, 7) is 5.69. The van der Waals surface area contributed by atoms with E-state index >= 15 is 0 Å². The lowest BCUT2D eigenvalue weighted by Gasteiger charge is -2.26. The molecular weight excluding hydrogens is 380 g/mol. The van der Waals surface area contributed by atoms with E-state index in [1.807, 2.05) is 48.5 Å². The number of nitrogens with one attached hydrogen (secondary N) is 1. The van der Waals surface area contributed by atoms with Crippen molar-refractivity contribution in [2.45, 2.75) is 25.9 Å². The van der Waals surface area contributed by atoms with Gasteiger partial charge in [-0.25, -0.2) is 0 Å². The van der Waals surface area contributed by atoms with Crippen LogP contribution in [0.3, 0.4) is 0 Å². The Balaban J connectivity index is 1.45. The monoisotopic (exact) mass is 406 g/mol. The summed E-state index contributed by atoms with van der Waals surface area (Å²) >= 11 is 0. The van der Waals surface area contributed by atoms with Gasteiger partial charge in [-0.2, -0.15) is 5.10 Å². The van der Waals surface area contributed by atoms with Gasteiger partial charge in [0.2, 0.25) is 0 Å². The van der Waals surface area contributed by atoms with Crippen LogP contribution in [-0.2, 0) is 20.9 Å². The highest BCUT2D eigenvalue weighted by atomic mass is 16.5. The van der Waals surface area contributed by atoms with Gasteiger partial charge in [-0.1, -0.05) is 30.3 Å². The van der Waals surface area contributed by atoms with Crippen LogP contribution in [0.5, 0.6) is 0 Å². The van der Waals surface area contributed by atoms with Crippen LogP contribution in [-0.4, -0.2) is 54.6 Å². The smallest absolute Gasteiger partial charge is 0.271 e. The molecule has 0 spiro atoms. The predicted molar refractivity (Wildman–Crippen MR) is 117 cm³/mol. The second kappa shape index (κ2) is 9.19. The van der Waals surface area contributed by atoms with Crippen molar-refractivity contribution >= 4 is 28.8 Å². The lowest BCUT2D eigenvalue weighted by atomic mass is 10.1. The fraction of sp³-hybridized carbons (Fsp3) is 0.348. The number of para-hydroxylation sites is 1. The fourth-order valence-corrected chi connectivity index (χ4v) is 3.75. The number of carbonyl (C=O) groups is 2. The quantitative estimate of drug-likeness (QED) is 0.798. The Morgan fingerprint density at radius 3 is 2.60 bits per heavy atom. The van der Waals surface area contributed by atoms with Crippen molar-refractivity contribution in [2.24, 2.45) is 5.10 Å². The van der Waals surface area contributed by atoms with E-state index in [2.05, 4.69) is 21.4 Å². The van der Waals surface area contributed by atoms with Crippen molar-refractivity contribution in [1.82, 2.24) is 4.90 Å². The third kappa shape index (κ3) is 4.75. The number of nitrogens with zero attached hydrogens (tertiary/aromatic N) is 3. The van der Waals surface area contributed by atoms with E-state index in [9.17, 15) is 9.59 Å². The first-order valence-corrected chi connectivity index (χ1v) is 10.2. The van der Waals surface area contributed by atoms with Crippen LogP contribution in [0.15, 0.2) is 59.7 Å². The third-order valence-corrected chi connectivity index (χ3v) is 5.36. The average molecular weight is 406 g/mol. The van der Waals surface area contributed by atoms with Crippen molar-refractivity contribution in [3.8, 4) is 0 Å². The molecule has 1 N–H and O–H groups in total. The molecule has 0 aromatic heterocycles. The normalized spacial score (nSPS) is 19.4. The molecule has 0 bridgehead atoms. The van der Waals surface area contributed by atoms with Crippen molar-refractivity contribution in [3.63, 3.8) is 0 Å². The van der Waals surface area contributed by atoms with Crippen molar-refractivity contribution < 1.29 is 14.3 Å². The number of Topliss-reactive ketones (excluding diaryl/α,β-unsaturated/α-hetero) is 1. The number of amides is 1. The summed E-state index contributed by atoms with van der Waals surface area (Å²) in [7, 11) is 0. The molecule has 2 aromatic rings.